The van der Waals surface area contributed by atoms with E-state index >= 15 is 0 Å². The molecule has 1 atom stereocenters. The maximum absolute atomic E-state index is 11.1. The second-order valence-electron chi connectivity index (χ2n) is 3.79. The summed E-state index contributed by atoms with van der Waals surface area (Å²) in [6.45, 7) is 3.87. The van der Waals surface area contributed by atoms with Gasteiger partial charge in [-0.25, -0.2) is 0 Å². The number of carbonyl (C=O) groups excluding carboxylic acids is 1. The molecule has 0 fully saturated rings. The van der Waals surface area contributed by atoms with Crippen molar-refractivity contribution >= 4 is 5.91 Å². The third-order valence-corrected chi connectivity index (χ3v) is 2.30. The lowest BCUT2D eigenvalue weighted by Gasteiger charge is -2.14. The number of nitrogens with two attached hydrogens (primary N) is 1. The van der Waals surface area contributed by atoms with Gasteiger partial charge in [0.05, 0.1) is 0 Å². The summed E-state index contributed by atoms with van der Waals surface area (Å²) in [6, 6.07) is 5.69. The Morgan fingerprint density at radius 2 is 2.25 bits per heavy atom. The zero-order valence-electron chi connectivity index (χ0n) is 9.91. The molecule has 0 aromatic heterocycles. The van der Waals surface area contributed by atoms with Crippen LogP contribution in [0.1, 0.15) is 24.1 Å². The topological polar surface area (TPSA) is 64.3 Å². The number of amides is 1. The van der Waals surface area contributed by atoms with Crippen LogP contribution in [-0.2, 0) is 4.79 Å². The standard InChI is InChI=1S/C12H18N2O2/c1-8-4-5-10(9(2)13)11(6-8)16-7-12(15)14-3/h4-6,9H,7,13H2,1-3H3,(H,14,15)/t9-/m1/s1. The first kappa shape index (κ1) is 12.5. The molecule has 88 valence electrons. The molecular formula is C12H18N2O2. The fraction of sp³-hybridized carbons (Fsp3) is 0.417. The van der Waals surface area contributed by atoms with Crippen LogP contribution >= 0.6 is 0 Å². The van der Waals surface area contributed by atoms with Crippen LogP contribution in [0.4, 0.5) is 0 Å². The second kappa shape index (κ2) is 5.51. The Kier molecular flexibility index (Phi) is 4.31. The van der Waals surface area contributed by atoms with E-state index < -0.39 is 0 Å². The SMILES string of the molecule is CNC(=O)COc1cc(C)ccc1[C@@H](C)N. The summed E-state index contributed by atoms with van der Waals surface area (Å²) in [6.07, 6.45) is 0. The number of hydrogen-bond acceptors (Lipinski definition) is 3. The van der Waals surface area contributed by atoms with Crippen molar-refractivity contribution in [3.8, 4) is 5.75 Å². The number of ether oxygens (including phenoxy) is 1. The van der Waals surface area contributed by atoms with Crippen LogP contribution in [0.3, 0.4) is 0 Å². The first-order chi connectivity index (χ1) is 7.54. The molecule has 1 amide bonds. The van der Waals surface area contributed by atoms with E-state index in [9.17, 15) is 4.79 Å². The highest BCUT2D eigenvalue weighted by atomic mass is 16.5. The van der Waals surface area contributed by atoms with E-state index in [-0.39, 0.29) is 18.6 Å². The number of carbonyl (C=O) groups is 1. The Morgan fingerprint density at radius 3 is 2.81 bits per heavy atom. The molecule has 4 heteroatoms. The van der Waals surface area contributed by atoms with Crippen molar-refractivity contribution in [1.29, 1.82) is 0 Å². The molecule has 0 unspecified atom stereocenters. The molecule has 0 radical (unpaired) electrons. The van der Waals surface area contributed by atoms with Crippen molar-refractivity contribution in [2.24, 2.45) is 5.73 Å². The lowest BCUT2D eigenvalue weighted by atomic mass is 10.1. The van der Waals surface area contributed by atoms with Crippen LogP contribution < -0.4 is 15.8 Å². The van der Waals surface area contributed by atoms with Gasteiger partial charge in [0.2, 0.25) is 0 Å². The van der Waals surface area contributed by atoms with Crippen molar-refractivity contribution < 1.29 is 9.53 Å². The highest BCUT2D eigenvalue weighted by Gasteiger charge is 2.09. The van der Waals surface area contributed by atoms with Gasteiger partial charge in [-0.1, -0.05) is 12.1 Å². The van der Waals surface area contributed by atoms with Crippen LogP contribution in [0.5, 0.6) is 5.75 Å². The maximum Gasteiger partial charge on any atom is 0.257 e. The first-order valence-electron chi connectivity index (χ1n) is 5.24. The van der Waals surface area contributed by atoms with Crippen LogP contribution in [0.25, 0.3) is 0 Å². The van der Waals surface area contributed by atoms with Crippen LogP contribution in [-0.4, -0.2) is 19.6 Å². The van der Waals surface area contributed by atoms with Gasteiger partial charge in [0.15, 0.2) is 6.61 Å². The molecule has 1 aromatic carbocycles. The van der Waals surface area contributed by atoms with Gasteiger partial charge in [-0.3, -0.25) is 4.79 Å². The minimum atomic E-state index is -0.155. The summed E-state index contributed by atoms with van der Waals surface area (Å²) in [5.74, 6) is 0.524. The third kappa shape index (κ3) is 3.24. The fourth-order valence-corrected chi connectivity index (χ4v) is 1.36. The summed E-state index contributed by atoms with van der Waals surface area (Å²) in [5, 5.41) is 2.50. The van der Waals surface area contributed by atoms with Gasteiger partial charge in [0, 0.05) is 18.7 Å². The molecule has 0 aliphatic heterocycles. The summed E-state index contributed by atoms with van der Waals surface area (Å²) >= 11 is 0. The van der Waals surface area contributed by atoms with Crippen LogP contribution in [0.15, 0.2) is 18.2 Å². The van der Waals surface area contributed by atoms with Crippen LogP contribution in [0.2, 0.25) is 0 Å². The molecule has 0 aliphatic rings. The highest BCUT2D eigenvalue weighted by molar-refractivity contribution is 5.77. The van der Waals surface area contributed by atoms with E-state index in [1.54, 1.807) is 7.05 Å². The van der Waals surface area contributed by atoms with Gasteiger partial charge in [0.1, 0.15) is 5.75 Å². The minimum Gasteiger partial charge on any atom is -0.483 e. The normalized spacial score (nSPS) is 12.0. The van der Waals surface area contributed by atoms with Crippen molar-refractivity contribution in [1.82, 2.24) is 5.32 Å². The van der Waals surface area contributed by atoms with E-state index in [0.29, 0.717) is 5.75 Å². The first-order valence-corrected chi connectivity index (χ1v) is 5.24. The van der Waals surface area contributed by atoms with E-state index in [1.165, 1.54) is 0 Å². The Balaban J connectivity index is 2.84. The lowest BCUT2D eigenvalue weighted by molar-refractivity contribution is -0.122. The molecule has 1 aromatic rings. The number of rotatable bonds is 4. The average molecular weight is 222 g/mol. The lowest BCUT2D eigenvalue weighted by Crippen LogP contribution is -2.25. The minimum absolute atomic E-state index is 0.0136. The van der Waals surface area contributed by atoms with Gasteiger partial charge in [0.25, 0.3) is 5.91 Å². The summed E-state index contributed by atoms with van der Waals surface area (Å²) in [5.41, 5.74) is 7.81. The predicted octanol–water partition coefficient (Wildman–Crippen LogP) is 1.14. The number of aryl methyl sites for hydroxylation is 1. The quantitative estimate of drug-likeness (QED) is 0.803. The molecule has 0 spiro atoms. The van der Waals surface area contributed by atoms with Gasteiger partial charge in [-0.05, 0) is 25.5 Å². The van der Waals surface area contributed by atoms with Crippen molar-refractivity contribution in [3.05, 3.63) is 29.3 Å². The summed E-state index contributed by atoms with van der Waals surface area (Å²) in [7, 11) is 1.58. The number of likely N-dealkylation sites (N-methyl/N-ethyl adjacent to an activating group) is 1. The fourth-order valence-electron chi connectivity index (χ4n) is 1.36. The molecule has 0 bridgehead atoms. The van der Waals surface area contributed by atoms with E-state index in [4.69, 9.17) is 10.5 Å². The average Bonchev–Trinajstić information content (AvgIpc) is 2.25. The summed E-state index contributed by atoms with van der Waals surface area (Å²) in [4.78, 5) is 11.1. The number of benzene rings is 1. The summed E-state index contributed by atoms with van der Waals surface area (Å²) < 4.78 is 5.44. The Bertz CT molecular complexity index is 375. The van der Waals surface area contributed by atoms with E-state index in [1.807, 2.05) is 32.0 Å². The van der Waals surface area contributed by atoms with Gasteiger partial charge in [-0.15, -0.1) is 0 Å². The van der Waals surface area contributed by atoms with Crippen molar-refractivity contribution in [2.75, 3.05) is 13.7 Å². The third-order valence-electron chi connectivity index (χ3n) is 2.30. The number of hydrogen-bond donors (Lipinski definition) is 2. The molecule has 0 saturated carbocycles. The zero-order chi connectivity index (χ0) is 12.1. The van der Waals surface area contributed by atoms with Gasteiger partial charge < -0.3 is 15.8 Å². The van der Waals surface area contributed by atoms with Crippen molar-refractivity contribution in [3.63, 3.8) is 0 Å². The molecular weight excluding hydrogens is 204 g/mol. The van der Waals surface area contributed by atoms with Crippen molar-refractivity contribution in [2.45, 2.75) is 19.9 Å². The molecule has 0 saturated heterocycles. The monoisotopic (exact) mass is 222 g/mol. The second-order valence-corrected chi connectivity index (χ2v) is 3.79. The maximum atomic E-state index is 11.1. The van der Waals surface area contributed by atoms with E-state index in [2.05, 4.69) is 5.32 Å². The molecule has 0 heterocycles. The highest BCUT2D eigenvalue weighted by Crippen LogP contribution is 2.24. The molecule has 4 nitrogen and oxygen atoms in total. The van der Waals surface area contributed by atoms with E-state index in [0.717, 1.165) is 11.1 Å². The largest absolute Gasteiger partial charge is 0.483 e. The smallest absolute Gasteiger partial charge is 0.257 e. The molecule has 0 aliphatic carbocycles. The Hall–Kier alpha value is -1.55. The molecule has 3 N–H and O–H groups in total. The van der Waals surface area contributed by atoms with Gasteiger partial charge in [-0.2, -0.15) is 0 Å². The van der Waals surface area contributed by atoms with Crippen LogP contribution in [0, 0.1) is 6.92 Å². The Labute approximate surface area is 95.8 Å². The predicted molar refractivity (Wildman–Crippen MR) is 63.3 cm³/mol. The molecule has 1 rings (SSSR count). The Morgan fingerprint density at radius 1 is 1.56 bits per heavy atom. The molecule has 16 heavy (non-hydrogen) atoms. The number of nitrogens with one attached hydrogen (secondary N) is 1. The zero-order valence-corrected chi connectivity index (χ0v) is 9.91. The van der Waals surface area contributed by atoms with Gasteiger partial charge >= 0.3 is 0 Å².